The summed E-state index contributed by atoms with van der Waals surface area (Å²) in [4.78, 5) is 7.85. The average Bonchev–Trinajstić information content (AvgIpc) is 3.31. The summed E-state index contributed by atoms with van der Waals surface area (Å²) in [5, 5.41) is 7.33. The van der Waals surface area contributed by atoms with E-state index >= 15 is 0 Å². The first-order valence-electron chi connectivity index (χ1n) is 8.82. The molecule has 0 bridgehead atoms. The van der Waals surface area contributed by atoms with E-state index in [9.17, 15) is 0 Å². The molecule has 5 nitrogen and oxygen atoms in total. The fraction of sp³-hybridized carbons (Fsp3) is 0.0952. The fourth-order valence-corrected chi connectivity index (χ4v) is 4.06. The first kappa shape index (κ1) is 18.3. The first-order valence-corrected chi connectivity index (χ1v) is 10.1. The van der Waals surface area contributed by atoms with Crippen LogP contribution in [0.25, 0.3) is 16.9 Å². The number of imidazole rings is 1. The van der Waals surface area contributed by atoms with Crippen LogP contribution in [0.1, 0.15) is 18.3 Å². The Morgan fingerprint density at radius 1 is 1.11 bits per heavy atom. The van der Waals surface area contributed by atoms with Gasteiger partial charge in [-0.1, -0.05) is 48.5 Å². The number of nitrogens with one attached hydrogen (secondary N) is 2. The molecular weight excluding hydrogens is 386 g/mol. The van der Waals surface area contributed by atoms with Crippen molar-refractivity contribution in [3.63, 3.8) is 0 Å². The van der Waals surface area contributed by atoms with Gasteiger partial charge in [-0.15, -0.1) is 11.3 Å². The highest BCUT2D eigenvalue weighted by atomic mass is 32.1. The number of anilines is 1. The van der Waals surface area contributed by atoms with Gasteiger partial charge in [0.05, 0.1) is 17.1 Å². The third-order valence-electron chi connectivity index (χ3n) is 4.33. The Hall–Kier alpha value is -3.03. The minimum absolute atomic E-state index is 0.647. The molecule has 0 unspecified atom stereocenters. The number of aromatic amines is 1. The van der Waals surface area contributed by atoms with E-state index in [1.54, 1.807) is 0 Å². The number of H-pyrrole nitrogens is 1. The van der Waals surface area contributed by atoms with Gasteiger partial charge >= 0.3 is 0 Å². The van der Waals surface area contributed by atoms with E-state index in [-0.39, 0.29) is 0 Å². The summed E-state index contributed by atoms with van der Waals surface area (Å²) in [5.74, 6) is 0. The zero-order chi connectivity index (χ0) is 19.5. The maximum Gasteiger partial charge on any atom is 0.203 e. The van der Waals surface area contributed by atoms with Gasteiger partial charge in [-0.3, -0.25) is 9.99 Å². The summed E-state index contributed by atoms with van der Waals surface area (Å²) in [6.07, 6.45) is 0. The van der Waals surface area contributed by atoms with Crippen LogP contribution in [-0.4, -0.2) is 20.2 Å². The van der Waals surface area contributed by atoms with Crippen molar-refractivity contribution in [3.05, 3.63) is 82.2 Å². The summed E-state index contributed by atoms with van der Waals surface area (Å²) in [6.45, 7) is 3.96. The normalized spacial score (nSPS) is 11.6. The lowest BCUT2D eigenvalue weighted by molar-refractivity contribution is 1.02. The van der Waals surface area contributed by atoms with Crippen molar-refractivity contribution in [1.82, 2.24) is 14.5 Å². The predicted molar refractivity (Wildman–Crippen MR) is 119 cm³/mol. The number of para-hydroxylation sites is 1. The molecule has 140 valence electrons. The third-order valence-corrected chi connectivity index (χ3v) is 5.36. The van der Waals surface area contributed by atoms with Crippen LogP contribution in [0.3, 0.4) is 0 Å². The molecule has 0 radical (unpaired) electrons. The molecule has 2 aromatic carbocycles. The number of rotatable bonds is 5. The Morgan fingerprint density at radius 3 is 2.50 bits per heavy atom. The van der Waals surface area contributed by atoms with Crippen LogP contribution in [0, 0.1) is 11.7 Å². The highest BCUT2D eigenvalue weighted by Gasteiger charge is 2.14. The molecule has 0 atom stereocenters. The quantitative estimate of drug-likeness (QED) is 0.250. The van der Waals surface area contributed by atoms with Gasteiger partial charge in [0.15, 0.2) is 4.77 Å². The number of nitrogens with zero attached hydrogens (tertiary/aromatic N) is 3. The van der Waals surface area contributed by atoms with Gasteiger partial charge in [0, 0.05) is 22.3 Å². The maximum absolute atomic E-state index is 5.52. The van der Waals surface area contributed by atoms with Crippen molar-refractivity contribution in [2.75, 3.05) is 5.43 Å². The Bertz CT molecular complexity index is 1170. The highest BCUT2D eigenvalue weighted by Crippen LogP contribution is 2.25. The zero-order valence-electron chi connectivity index (χ0n) is 15.5. The molecule has 0 aliphatic rings. The lowest BCUT2D eigenvalue weighted by Gasteiger charge is -2.09. The molecule has 2 heterocycles. The molecule has 0 amide bonds. The minimum Gasteiger partial charge on any atom is -0.334 e. The number of hydrazone groups is 1. The molecule has 2 aromatic heterocycles. The number of thiazole rings is 1. The molecule has 2 N–H and O–H groups in total. The van der Waals surface area contributed by atoms with Crippen LogP contribution in [0.15, 0.2) is 71.1 Å². The number of benzene rings is 2. The van der Waals surface area contributed by atoms with E-state index in [1.165, 1.54) is 11.3 Å². The van der Waals surface area contributed by atoms with Crippen LogP contribution >= 0.6 is 23.6 Å². The van der Waals surface area contributed by atoms with Crippen LogP contribution < -0.4 is 5.43 Å². The molecule has 4 aromatic rings. The molecule has 7 heteroatoms. The smallest absolute Gasteiger partial charge is 0.203 e. The minimum atomic E-state index is 0.647. The van der Waals surface area contributed by atoms with E-state index < -0.39 is 0 Å². The third kappa shape index (κ3) is 3.67. The van der Waals surface area contributed by atoms with E-state index in [0.29, 0.717) is 4.77 Å². The fourth-order valence-electron chi connectivity index (χ4n) is 3.05. The monoisotopic (exact) mass is 405 g/mol. The molecule has 0 aliphatic heterocycles. The van der Waals surface area contributed by atoms with Crippen LogP contribution in [-0.2, 0) is 0 Å². The van der Waals surface area contributed by atoms with Gasteiger partial charge in [0.1, 0.15) is 0 Å². The van der Waals surface area contributed by atoms with Gasteiger partial charge in [-0.25, -0.2) is 4.98 Å². The van der Waals surface area contributed by atoms with Crippen molar-refractivity contribution in [1.29, 1.82) is 0 Å². The van der Waals surface area contributed by atoms with E-state index in [4.69, 9.17) is 12.2 Å². The molecular formula is C21H19N5S2. The summed E-state index contributed by atoms with van der Waals surface area (Å²) >= 11 is 7.05. The van der Waals surface area contributed by atoms with Crippen molar-refractivity contribution in [2.24, 2.45) is 5.10 Å². The Labute approximate surface area is 172 Å². The second kappa shape index (κ2) is 7.92. The van der Waals surface area contributed by atoms with Crippen LogP contribution in [0.5, 0.6) is 0 Å². The number of hydrogen-bond acceptors (Lipinski definition) is 5. The molecule has 0 saturated heterocycles. The molecule has 0 spiro atoms. The lowest BCUT2D eigenvalue weighted by Crippen LogP contribution is -2.09. The summed E-state index contributed by atoms with van der Waals surface area (Å²) in [5.41, 5.74) is 8.85. The highest BCUT2D eigenvalue weighted by molar-refractivity contribution is 7.71. The standard InChI is InChI=1S/C21H19N5S2/c1-14-19(26(21(27)22-14)17-11-7-4-8-12-17)15(2)24-25-20-23-18(13-28-20)16-9-5-3-6-10-16/h3-13H,1-2H3,(H,22,27)(H,23,25)/b24-15+. The van der Waals surface area contributed by atoms with Gasteiger partial charge in [-0.2, -0.15) is 5.10 Å². The average molecular weight is 406 g/mol. The molecule has 0 fully saturated rings. The predicted octanol–water partition coefficient (Wildman–Crippen LogP) is 5.80. The summed E-state index contributed by atoms with van der Waals surface area (Å²) < 4.78 is 2.65. The van der Waals surface area contributed by atoms with E-state index in [0.717, 1.165) is 39.2 Å². The molecule has 28 heavy (non-hydrogen) atoms. The Balaban J connectivity index is 1.62. The largest absolute Gasteiger partial charge is 0.334 e. The second-order valence-corrected chi connectivity index (χ2v) is 7.53. The van der Waals surface area contributed by atoms with E-state index in [1.807, 2.05) is 84.5 Å². The number of aromatic nitrogens is 3. The van der Waals surface area contributed by atoms with Crippen LogP contribution in [0.4, 0.5) is 5.13 Å². The lowest BCUT2D eigenvalue weighted by atomic mass is 10.2. The maximum atomic E-state index is 5.52. The number of aryl methyl sites for hydroxylation is 1. The van der Waals surface area contributed by atoms with Gasteiger partial charge in [0.25, 0.3) is 0 Å². The molecule has 0 saturated carbocycles. The SMILES string of the molecule is C/C(=N\Nc1nc(-c2ccccc2)cs1)c1c(C)[nH]c(=S)n1-c1ccccc1. The molecule has 0 aliphatic carbocycles. The Kier molecular flexibility index (Phi) is 5.18. The van der Waals surface area contributed by atoms with Crippen molar-refractivity contribution in [2.45, 2.75) is 13.8 Å². The van der Waals surface area contributed by atoms with E-state index in [2.05, 4.69) is 20.5 Å². The first-order chi connectivity index (χ1) is 13.6. The topological polar surface area (TPSA) is 58.0 Å². The summed E-state index contributed by atoms with van der Waals surface area (Å²) in [6, 6.07) is 20.1. The van der Waals surface area contributed by atoms with Gasteiger partial charge in [-0.05, 0) is 38.2 Å². The Morgan fingerprint density at radius 2 is 1.79 bits per heavy atom. The number of hydrogen-bond donors (Lipinski definition) is 2. The van der Waals surface area contributed by atoms with Gasteiger partial charge < -0.3 is 4.98 Å². The van der Waals surface area contributed by atoms with Crippen molar-refractivity contribution in [3.8, 4) is 16.9 Å². The second-order valence-electron chi connectivity index (χ2n) is 6.29. The summed E-state index contributed by atoms with van der Waals surface area (Å²) in [7, 11) is 0. The van der Waals surface area contributed by atoms with Crippen LogP contribution in [0.2, 0.25) is 0 Å². The zero-order valence-corrected chi connectivity index (χ0v) is 17.1. The van der Waals surface area contributed by atoms with Crippen molar-refractivity contribution >= 4 is 34.4 Å². The van der Waals surface area contributed by atoms with Gasteiger partial charge in [0.2, 0.25) is 5.13 Å². The van der Waals surface area contributed by atoms with Crippen molar-refractivity contribution < 1.29 is 0 Å². The molecule has 4 rings (SSSR count).